The molecule has 2 atom stereocenters. The molecule has 2 aliphatic rings. The topological polar surface area (TPSA) is 40.6 Å². The van der Waals surface area contributed by atoms with Gasteiger partial charge in [-0.25, -0.2) is 0 Å². The van der Waals surface area contributed by atoms with Gasteiger partial charge in [-0.3, -0.25) is 9.59 Å². The molecule has 0 saturated carbocycles. The Balaban J connectivity index is 2.22. The predicted molar refractivity (Wildman–Crippen MR) is 83.7 cm³/mol. The highest BCUT2D eigenvalue weighted by Gasteiger charge is 2.47. The van der Waals surface area contributed by atoms with Crippen LogP contribution in [0.15, 0.2) is 0 Å². The predicted octanol–water partition coefficient (Wildman–Crippen LogP) is 2.53. The molecule has 2 unspecified atom stereocenters. The summed E-state index contributed by atoms with van der Waals surface area (Å²) in [6.45, 7) is 12.3. The van der Waals surface area contributed by atoms with Crippen molar-refractivity contribution in [2.45, 2.75) is 66.0 Å². The lowest BCUT2D eigenvalue weighted by molar-refractivity contribution is -0.160. The van der Waals surface area contributed by atoms with Gasteiger partial charge in [-0.2, -0.15) is 0 Å². The van der Waals surface area contributed by atoms with E-state index >= 15 is 0 Å². The summed E-state index contributed by atoms with van der Waals surface area (Å²) in [4.78, 5) is 29.2. The van der Waals surface area contributed by atoms with Crippen LogP contribution in [0.25, 0.3) is 0 Å². The Hall–Kier alpha value is -1.06. The Morgan fingerprint density at radius 3 is 2.24 bits per heavy atom. The molecule has 0 aromatic carbocycles. The van der Waals surface area contributed by atoms with Gasteiger partial charge in [-0.15, -0.1) is 0 Å². The molecule has 2 fully saturated rings. The van der Waals surface area contributed by atoms with Gasteiger partial charge in [0.1, 0.15) is 12.1 Å². The molecule has 2 amide bonds. The summed E-state index contributed by atoms with van der Waals surface area (Å²) in [5, 5.41) is 0. The Morgan fingerprint density at radius 1 is 1.10 bits per heavy atom. The molecule has 4 heteroatoms. The molecular weight excluding hydrogens is 264 g/mol. The number of carbonyl (C=O) groups is 2. The maximum Gasteiger partial charge on any atom is 0.246 e. The number of nitrogens with zero attached hydrogens (tertiary/aromatic N) is 2. The molecule has 2 aliphatic heterocycles. The van der Waals surface area contributed by atoms with Crippen LogP contribution in [0.5, 0.6) is 0 Å². The first kappa shape index (κ1) is 16.3. The second kappa shape index (κ2) is 6.37. The fourth-order valence-corrected chi connectivity index (χ4v) is 3.99. The summed E-state index contributed by atoms with van der Waals surface area (Å²) in [5.74, 6) is 1.85. The molecule has 2 rings (SSSR count). The molecule has 120 valence electrons. The Bertz CT molecular complexity index is 398. The van der Waals surface area contributed by atoms with Crippen LogP contribution in [-0.4, -0.2) is 46.8 Å². The third-order valence-corrected chi connectivity index (χ3v) is 5.27. The number of rotatable bonds is 5. The molecule has 0 bridgehead atoms. The average Bonchev–Trinajstić information content (AvgIpc) is 2.89. The molecule has 2 saturated heterocycles. The van der Waals surface area contributed by atoms with E-state index in [4.69, 9.17) is 0 Å². The van der Waals surface area contributed by atoms with E-state index < -0.39 is 0 Å². The minimum atomic E-state index is -0.244. The minimum absolute atomic E-state index is 0.172. The third-order valence-electron chi connectivity index (χ3n) is 5.27. The molecular formula is C17H30N2O2. The molecule has 0 aromatic rings. The summed E-state index contributed by atoms with van der Waals surface area (Å²) in [5.41, 5.74) is 0. The van der Waals surface area contributed by atoms with Crippen LogP contribution in [0.2, 0.25) is 0 Å². The van der Waals surface area contributed by atoms with Crippen LogP contribution in [0.3, 0.4) is 0 Å². The fraction of sp³-hybridized carbons (Fsp3) is 0.882. The van der Waals surface area contributed by atoms with Crippen molar-refractivity contribution in [3.8, 4) is 0 Å². The van der Waals surface area contributed by atoms with Gasteiger partial charge in [-0.05, 0) is 37.0 Å². The van der Waals surface area contributed by atoms with Gasteiger partial charge in [-0.1, -0.05) is 34.6 Å². The van der Waals surface area contributed by atoms with E-state index in [1.165, 1.54) is 0 Å². The van der Waals surface area contributed by atoms with Gasteiger partial charge in [0.2, 0.25) is 11.8 Å². The highest BCUT2D eigenvalue weighted by atomic mass is 16.2. The number of piperazine rings is 1. The van der Waals surface area contributed by atoms with Gasteiger partial charge in [0, 0.05) is 13.1 Å². The molecule has 0 spiro atoms. The van der Waals surface area contributed by atoms with Gasteiger partial charge in [0.05, 0.1) is 0 Å². The third kappa shape index (κ3) is 2.95. The number of hydrogen-bond donors (Lipinski definition) is 0. The van der Waals surface area contributed by atoms with Gasteiger partial charge >= 0.3 is 0 Å². The van der Waals surface area contributed by atoms with E-state index in [0.717, 1.165) is 32.4 Å². The lowest BCUT2D eigenvalue weighted by atomic mass is 9.84. The van der Waals surface area contributed by atoms with E-state index in [-0.39, 0.29) is 23.9 Å². The van der Waals surface area contributed by atoms with E-state index in [9.17, 15) is 9.59 Å². The second-order valence-electron chi connectivity index (χ2n) is 7.26. The van der Waals surface area contributed by atoms with Crippen molar-refractivity contribution in [3.63, 3.8) is 0 Å². The summed E-state index contributed by atoms with van der Waals surface area (Å²) < 4.78 is 0. The molecule has 21 heavy (non-hydrogen) atoms. The van der Waals surface area contributed by atoms with Crippen molar-refractivity contribution in [2.75, 3.05) is 13.1 Å². The summed E-state index contributed by atoms with van der Waals surface area (Å²) >= 11 is 0. The van der Waals surface area contributed by atoms with Crippen LogP contribution in [-0.2, 0) is 9.59 Å². The van der Waals surface area contributed by atoms with E-state index in [1.807, 2.05) is 16.7 Å². The van der Waals surface area contributed by atoms with Crippen molar-refractivity contribution in [3.05, 3.63) is 0 Å². The normalized spacial score (nSPS) is 26.5. The Labute approximate surface area is 128 Å². The van der Waals surface area contributed by atoms with Gasteiger partial charge in [0.25, 0.3) is 0 Å². The van der Waals surface area contributed by atoms with Crippen LogP contribution < -0.4 is 0 Å². The van der Waals surface area contributed by atoms with Crippen LogP contribution in [0.4, 0.5) is 0 Å². The Kier molecular flexibility index (Phi) is 4.95. The van der Waals surface area contributed by atoms with Crippen molar-refractivity contribution < 1.29 is 9.59 Å². The minimum Gasteiger partial charge on any atom is -0.329 e. The molecule has 2 heterocycles. The van der Waals surface area contributed by atoms with E-state index in [2.05, 4.69) is 27.7 Å². The zero-order valence-corrected chi connectivity index (χ0v) is 14.1. The first-order valence-corrected chi connectivity index (χ1v) is 8.49. The molecule has 0 aliphatic carbocycles. The number of hydrogen-bond acceptors (Lipinski definition) is 2. The average molecular weight is 294 g/mol. The van der Waals surface area contributed by atoms with Crippen LogP contribution >= 0.6 is 0 Å². The number of amides is 2. The smallest absolute Gasteiger partial charge is 0.246 e. The second-order valence-corrected chi connectivity index (χ2v) is 7.26. The van der Waals surface area contributed by atoms with Crippen molar-refractivity contribution >= 4 is 11.8 Å². The molecule has 0 radical (unpaired) electrons. The maximum atomic E-state index is 12.8. The van der Waals surface area contributed by atoms with Crippen molar-refractivity contribution in [1.29, 1.82) is 0 Å². The van der Waals surface area contributed by atoms with E-state index in [1.54, 1.807) is 0 Å². The van der Waals surface area contributed by atoms with Crippen molar-refractivity contribution in [2.24, 2.45) is 17.8 Å². The molecule has 0 aromatic heterocycles. The summed E-state index contributed by atoms with van der Waals surface area (Å²) in [6.07, 6.45) is 2.52. The highest BCUT2D eigenvalue weighted by Crippen LogP contribution is 2.31. The van der Waals surface area contributed by atoms with Gasteiger partial charge in [0.15, 0.2) is 0 Å². The molecule has 4 nitrogen and oxygen atoms in total. The van der Waals surface area contributed by atoms with Gasteiger partial charge < -0.3 is 9.80 Å². The first-order chi connectivity index (χ1) is 9.88. The maximum absolute atomic E-state index is 12.8. The van der Waals surface area contributed by atoms with Crippen LogP contribution in [0, 0.1) is 17.8 Å². The lowest BCUT2D eigenvalue weighted by Gasteiger charge is -2.44. The Morgan fingerprint density at radius 2 is 1.71 bits per heavy atom. The first-order valence-electron chi connectivity index (χ1n) is 8.49. The summed E-state index contributed by atoms with van der Waals surface area (Å²) in [6, 6.07) is -0.424. The monoisotopic (exact) mass is 294 g/mol. The van der Waals surface area contributed by atoms with Crippen LogP contribution in [0.1, 0.15) is 53.9 Å². The van der Waals surface area contributed by atoms with Crippen molar-refractivity contribution in [1.82, 2.24) is 9.80 Å². The zero-order chi connectivity index (χ0) is 15.7. The highest BCUT2D eigenvalue weighted by molar-refractivity contribution is 5.97. The quantitative estimate of drug-likeness (QED) is 0.782. The number of fused-ring (bicyclic) bond motifs is 1. The van der Waals surface area contributed by atoms with E-state index in [0.29, 0.717) is 17.8 Å². The fourth-order valence-electron chi connectivity index (χ4n) is 3.99. The largest absolute Gasteiger partial charge is 0.329 e. The summed E-state index contributed by atoms with van der Waals surface area (Å²) in [7, 11) is 0. The zero-order valence-electron chi connectivity index (χ0n) is 14.1. The lowest BCUT2D eigenvalue weighted by Crippen LogP contribution is -2.63. The molecule has 0 N–H and O–H groups in total. The SMILES string of the molecule is CCC1C(=O)N2CCCC2C(=O)N1CC(C(C)C)C(C)C. The standard InChI is InChI=1S/C17H30N2O2/c1-6-14-16(20)18-9-7-8-15(18)17(21)19(14)10-13(11(2)3)12(4)5/h11-15H,6-10H2,1-5H3. The number of carbonyl (C=O) groups excluding carboxylic acids is 2.